The van der Waals surface area contributed by atoms with Crippen LogP contribution in [0.1, 0.15) is 11.6 Å². The molecule has 0 aliphatic heterocycles. The summed E-state index contributed by atoms with van der Waals surface area (Å²) in [5.41, 5.74) is 0.743. The van der Waals surface area contributed by atoms with Crippen molar-refractivity contribution in [3.8, 4) is 0 Å². The zero-order chi connectivity index (χ0) is 9.84. The molecule has 0 spiro atoms. The van der Waals surface area contributed by atoms with E-state index in [1.165, 1.54) is 0 Å². The number of pyridine rings is 1. The highest BCUT2D eigenvalue weighted by Crippen LogP contribution is 2.16. The molecule has 1 rings (SSSR count). The first-order valence-electron chi connectivity index (χ1n) is 3.92. The lowest BCUT2D eigenvalue weighted by atomic mass is 10.1. The molecule has 1 aromatic heterocycles. The number of carboxylic acid groups (broad SMARTS) is 1. The number of likely N-dealkylation sites (N-methyl/N-ethyl adjacent to an activating group) is 1. The fourth-order valence-electron chi connectivity index (χ4n) is 1.21. The minimum Gasteiger partial charge on any atom is -0.480 e. The second-order valence-electron chi connectivity index (χ2n) is 2.98. The third-order valence-electron chi connectivity index (χ3n) is 1.77. The van der Waals surface area contributed by atoms with Gasteiger partial charge in [0.05, 0.1) is 0 Å². The van der Waals surface area contributed by atoms with E-state index in [4.69, 9.17) is 5.11 Å². The molecule has 15 heavy (non-hydrogen) atoms. The van der Waals surface area contributed by atoms with E-state index in [1.54, 1.807) is 43.5 Å². The van der Waals surface area contributed by atoms with Crippen molar-refractivity contribution in [2.24, 2.45) is 0 Å². The SMILES string of the molecule is CN(C)C(C(=O)O)c1ccncc1.Cl.Cl. The van der Waals surface area contributed by atoms with E-state index in [-0.39, 0.29) is 24.8 Å². The maximum absolute atomic E-state index is 10.9. The summed E-state index contributed by atoms with van der Waals surface area (Å²) in [4.78, 5) is 16.4. The highest BCUT2D eigenvalue weighted by atomic mass is 35.5. The number of aliphatic carboxylic acids is 1. The standard InChI is InChI=1S/C9H12N2O2.2ClH/c1-11(2)8(9(12)13)7-3-5-10-6-4-7;;/h3-6,8H,1-2H3,(H,12,13);2*1H. The van der Waals surface area contributed by atoms with Crippen molar-refractivity contribution in [1.82, 2.24) is 9.88 Å². The molecular weight excluding hydrogens is 239 g/mol. The third-order valence-corrected chi connectivity index (χ3v) is 1.77. The molecule has 0 aliphatic carbocycles. The zero-order valence-electron chi connectivity index (χ0n) is 8.45. The van der Waals surface area contributed by atoms with Crippen molar-refractivity contribution in [3.05, 3.63) is 30.1 Å². The van der Waals surface area contributed by atoms with Crippen LogP contribution in [0.15, 0.2) is 24.5 Å². The molecule has 1 atom stereocenters. The van der Waals surface area contributed by atoms with Gasteiger partial charge < -0.3 is 5.11 Å². The summed E-state index contributed by atoms with van der Waals surface area (Å²) in [5, 5.41) is 8.94. The van der Waals surface area contributed by atoms with Crippen LogP contribution in [-0.4, -0.2) is 35.1 Å². The Morgan fingerprint density at radius 1 is 1.33 bits per heavy atom. The monoisotopic (exact) mass is 252 g/mol. The minimum absolute atomic E-state index is 0. The lowest BCUT2D eigenvalue weighted by molar-refractivity contribution is -0.142. The Bertz CT molecular complexity index is 293. The molecule has 0 saturated carbocycles. The molecule has 4 nitrogen and oxygen atoms in total. The molecular formula is C9H14Cl2N2O2. The first-order chi connectivity index (χ1) is 6.13. The van der Waals surface area contributed by atoms with Crippen molar-refractivity contribution in [3.63, 3.8) is 0 Å². The number of aromatic nitrogens is 1. The molecule has 0 radical (unpaired) electrons. The van der Waals surface area contributed by atoms with Gasteiger partial charge in [-0.25, -0.2) is 0 Å². The number of nitrogens with zero attached hydrogens (tertiary/aromatic N) is 2. The third kappa shape index (κ3) is 4.46. The summed E-state index contributed by atoms with van der Waals surface area (Å²) < 4.78 is 0. The summed E-state index contributed by atoms with van der Waals surface area (Å²) in [6, 6.07) is 2.82. The van der Waals surface area contributed by atoms with Crippen LogP contribution in [0, 0.1) is 0 Å². The van der Waals surface area contributed by atoms with E-state index in [1.807, 2.05) is 0 Å². The second kappa shape index (κ2) is 7.45. The number of rotatable bonds is 3. The van der Waals surface area contributed by atoms with Gasteiger partial charge in [0.1, 0.15) is 6.04 Å². The van der Waals surface area contributed by atoms with Gasteiger partial charge in [-0.05, 0) is 31.8 Å². The van der Waals surface area contributed by atoms with E-state index >= 15 is 0 Å². The van der Waals surface area contributed by atoms with Gasteiger partial charge in [-0.3, -0.25) is 14.7 Å². The molecule has 0 saturated heterocycles. The van der Waals surface area contributed by atoms with Gasteiger partial charge in [-0.2, -0.15) is 0 Å². The normalized spacial score (nSPS) is 11.1. The molecule has 0 aromatic carbocycles. The molecule has 0 amide bonds. The summed E-state index contributed by atoms with van der Waals surface area (Å²) in [5.74, 6) is -0.851. The van der Waals surface area contributed by atoms with Crippen LogP contribution < -0.4 is 0 Å². The quantitative estimate of drug-likeness (QED) is 0.889. The van der Waals surface area contributed by atoms with Crippen LogP contribution >= 0.6 is 24.8 Å². The topological polar surface area (TPSA) is 53.4 Å². The average Bonchev–Trinajstić information content (AvgIpc) is 2.04. The lowest BCUT2D eigenvalue weighted by Gasteiger charge is -2.19. The predicted molar refractivity (Wildman–Crippen MR) is 62.8 cm³/mol. The number of hydrogen-bond acceptors (Lipinski definition) is 3. The van der Waals surface area contributed by atoms with Gasteiger partial charge in [0.2, 0.25) is 0 Å². The Balaban J connectivity index is 0. The molecule has 6 heteroatoms. The van der Waals surface area contributed by atoms with E-state index < -0.39 is 12.0 Å². The van der Waals surface area contributed by atoms with Crippen LogP contribution in [0.4, 0.5) is 0 Å². The first-order valence-corrected chi connectivity index (χ1v) is 3.92. The van der Waals surface area contributed by atoms with E-state index in [9.17, 15) is 4.79 Å². The fraction of sp³-hybridized carbons (Fsp3) is 0.333. The Morgan fingerprint density at radius 3 is 2.13 bits per heavy atom. The number of carbonyl (C=O) groups is 1. The predicted octanol–water partition coefficient (Wildman–Crippen LogP) is 1.61. The summed E-state index contributed by atoms with van der Waals surface area (Å²) in [7, 11) is 3.47. The van der Waals surface area contributed by atoms with Gasteiger partial charge in [0.25, 0.3) is 0 Å². The van der Waals surface area contributed by atoms with Crippen molar-refractivity contribution in [1.29, 1.82) is 0 Å². The molecule has 1 N–H and O–H groups in total. The largest absolute Gasteiger partial charge is 0.480 e. The molecule has 1 heterocycles. The van der Waals surface area contributed by atoms with Crippen LogP contribution in [0.2, 0.25) is 0 Å². The number of hydrogen-bond donors (Lipinski definition) is 1. The van der Waals surface area contributed by atoms with Crippen LogP contribution in [-0.2, 0) is 4.79 Å². The Labute approximate surface area is 101 Å². The van der Waals surface area contributed by atoms with Crippen LogP contribution in [0.3, 0.4) is 0 Å². The van der Waals surface area contributed by atoms with Crippen molar-refractivity contribution in [2.75, 3.05) is 14.1 Å². The summed E-state index contributed by atoms with van der Waals surface area (Å²) in [6.07, 6.45) is 3.18. The molecule has 0 fully saturated rings. The number of carboxylic acids is 1. The molecule has 1 aromatic rings. The summed E-state index contributed by atoms with van der Waals surface area (Å²) in [6.45, 7) is 0. The Kier molecular flexibility index (Phi) is 8.24. The van der Waals surface area contributed by atoms with E-state index in [2.05, 4.69) is 4.98 Å². The molecule has 86 valence electrons. The van der Waals surface area contributed by atoms with E-state index in [0.29, 0.717) is 0 Å². The maximum Gasteiger partial charge on any atom is 0.325 e. The van der Waals surface area contributed by atoms with Crippen molar-refractivity contribution in [2.45, 2.75) is 6.04 Å². The van der Waals surface area contributed by atoms with Gasteiger partial charge in [0.15, 0.2) is 0 Å². The summed E-state index contributed by atoms with van der Waals surface area (Å²) >= 11 is 0. The lowest BCUT2D eigenvalue weighted by Crippen LogP contribution is -2.27. The van der Waals surface area contributed by atoms with Crippen LogP contribution in [0.25, 0.3) is 0 Å². The van der Waals surface area contributed by atoms with E-state index in [0.717, 1.165) is 5.56 Å². The van der Waals surface area contributed by atoms with Gasteiger partial charge in [-0.1, -0.05) is 0 Å². The average molecular weight is 253 g/mol. The number of halogens is 2. The fourth-order valence-corrected chi connectivity index (χ4v) is 1.21. The highest BCUT2D eigenvalue weighted by Gasteiger charge is 2.21. The Morgan fingerprint density at radius 2 is 1.80 bits per heavy atom. The highest BCUT2D eigenvalue weighted by molar-refractivity contribution is 5.85. The van der Waals surface area contributed by atoms with Gasteiger partial charge in [-0.15, -0.1) is 24.8 Å². The van der Waals surface area contributed by atoms with Crippen molar-refractivity contribution >= 4 is 30.8 Å². The Hall–Kier alpha value is -0.840. The smallest absolute Gasteiger partial charge is 0.325 e. The molecule has 1 unspecified atom stereocenters. The van der Waals surface area contributed by atoms with Gasteiger partial charge >= 0.3 is 5.97 Å². The second-order valence-corrected chi connectivity index (χ2v) is 2.98. The molecule has 0 aliphatic rings. The zero-order valence-corrected chi connectivity index (χ0v) is 10.1. The molecule has 0 bridgehead atoms. The van der Waals surface area contributed by atoms with Crippen molar-refractivity contribution < 1.29 is 9.90 Å². The van der Waals surface area contributed by atoms with Crippen LogP contribution in [0.5, 0.6) is 0 Å². The van der Waals surface area contributed by atoms with Gasteiger partial charge in [0, 0.05) is 12.4 Å². The maximum atomic E-state index is 10.9. The minimum atomic E-state index is -0.851. The first kappa shape index (κ1) is 16.6.